The third kappa shape index (κ3) is 1.60. The number of benzene rings is 1. The molecule has 1 atom stereocenters. The highest BCUT2D eigenvalue weighted by Gasteiger charge is 2.17. The third-order valence-electron chi connectivity index (χ3n) is 2.18. The molecule has 0 saturated carbocycles. The maximum atomic E-state index is 10.6. The van der Waals surface area contributed by atoms with Crippen LogP contribution in [-0.4, -0.2) is 12.4 Å². The highest BCUT2D eigenvalue weighted by atomic mass is 79.9. The average Bonchev–Trinajstić information content (AvgIpc) is 2.16. The number of carbonyl (C=O) groups is 1. The van der Waals surface area contributed by atoms with Crippen LogP contribution in [0.15, 0.2) is 28.7 Å². The zero-order chi connectivity index (χ0) is 10.1. The summed E-state index contributed by atoms with van der Waals surface area (Å²) in [7, 11) is 0. The van der Waals surface area contributed by atoms with Crippen molar-refractivity contribution in [2.45, 2.75) is 13.0 Å². The highest BCUT2D eigenvalue weighted by molar-refractivity contribution is 9.10. The summed E-state index contributed by atoms with van der Waals surface area (Å²) >= 11 is 3.36. The molecule has 1 aromatic carbocycles. The molecule has 3 heteroatoms. The number of allylic oxidation sites excluding steroid dienone is 1. The highest BCUT2D eigenvalue weighted by Crippen LogP contribution is 2.33. The van der Waals surface area contributed by atoms with E-state index >= 15 is 0 Å². The topological polar surface area (TPSA) is 26.3 Å². The number of hydrogen-bond donors (Lipinski definition) is 0. The zero-order valence-corrected chi connectivity index (χ0v) is 9.24. The monoisotopic (exact) mass is 252 g/mol. The van der Waals surface area contributed by atoms with Crippen LogP contribution in [0.1, 0.15) is 12.5 Å². The Morgan fingerprint density at radius 2 is 2.29 bits per heavy atom. The lowest BCUT2D eigenvalue weighted by Crippen LogP contribution is -2.19. The molecule has 0 N–H and O–H groups in total. The Labute approximate surface area is 90.7 Å². The van der Waals surface area contributed by atoms with E-state index in [1.807, 2.05) is 31.2 Å². The molecule has 0 aliphatic carbocycles. The molecule has 0 bridgehead atoms. The first-order chi connectivity index (χ1) is 6.70. The van der Waals surface area contributed by atoms with Crippen LogP contribution in [0.2, 0.25) is 0 Å². The molecule has 0 aromatic heterocycles. The summed E-state index contributed by atoms with van der Waals surface area (Å²) in [5, 5.41) is 0. The van der Waals surface area contributed by atoms with Crippen molar-refractivity contribution in [3.05, 3.63) is 34.3 Å². The molecule has 2 rings (SSSR count). The molecule has 0 fully saturated rings. The molecule has 1 heterocycles. The van der Waals surface area contributed by atoms with E-state index in [-0.39, 0.29) is 0 Å². The van der Waals surface area contributed by atoms with E-state index in [1.54, 1.807) is 0 Å². The van der Waals surface area contributed by atoms with Crippen LogP contribution < -0.4 is 4.74 Å². The van der Waals surface area contributed by atoms with Crippen molar-refractivity contribution in [2.24, 2.45) is 0 Å². The smallest absolute Gasteiger partial charge is 0.172 e. The van der Waals surface area contributed by atoms with Gasteiger partial charge in [-0.05, 0) is 36.8 Å². The minimum Gasteiger partial charge on any atom is -0.478 e. The second-order valence-electron chi connectivity index (χ2n) is 3.21. The van der Waals surface area contributed by atoms with Gasteiger partial charge in [-0.15, -0.1) is 0 Å². The second kappa shape index (κ2) is 3.58. The lowest BCUT2D eigenvalue weighted by Gasteiger charge is -2.20. The molecular weight excluding hydrogens is 244 g/mol. The van der Waals surface area contributed by atoms with Crippen molar-refractivity contribution < 1.29 is 9.53 Å². The van der Waals surface area contributed by atoms with Crippen LogP contribution in [-0.2, 0) is 4.79 Å². The van der Waals surface area contributed by atoms with Crippen LogP contribution in [0.4, 0.5) is 0 Å². The molecule has 72 valence electrons. The van der Waals surface area contributed by atoms with Crippen LogP contribution in [0, 0.1) is 0 Å². The van der Waals surface area contributed by atoms with E-state index in [0.29, 0.717) is 0 Å². The largest absolute Gasteiger partial charge is 0.478 e. The molecule has 0 radical (unpaired) electrons. The molecule has 1 aliphatic heterocycles. The third-order valence-corrected chi connectivity index (χ3v) is 2.67. The number of rotatable bonds is 1. The Balaban J connectivity index is 2.50. The number of fused-ring (bicyclic) bond motifs is 1. The molecule has 1 unspecified atom stereocenters. The van der Waals surface area contributed by atoms with Crippen molar-refractivity contribution in [1.82, 2.24) is 0 Å². The van der Waals surface area contributed by atoms with Gasteiger partial charge >= 0.3 is 0 Å². The molecule has 1 aliphatic rings. The van der Waals surface area contributed by atoms with E-state index in [2.05, 4.69) is 15.9 Å². The summed E-state index contributed by atoms with van der Waals surface area (Å²) in [4.78, 5) is 10.6. The van der Waals surface area contributed by atoms with Gasteiger partial charge in [0.15, 0.2) is 12.4 Å². The van der Waals surface area contributed by atoms with Gasteiger partial charge in [0.05, 0.1) is 0 Å². The summed E-state index contributed by atoms with van der Waals surface area (Å²) in [5.41, 5.74) is 2.13. The fraction of sp³-hybridized carbons (Fsp3) is 0.182. The molecule has 0 saturated heterocycles. The van der Waals surface area contributed by atoms with Gasteiger partial charge in [-0.3, -0.25) is 4.79 Å². The first-order valence-corrected chi connectivity index (χ1v) is 5.10. The van der Waals surface area contributed by atoms with Gasteiger partial charge < -0.3 is 4.74 Å². The summed E-state index contributed by atoms with van der Waals surface area (Å²) in [6.45, 7) is 1.98. The minimum absolute atomic E-state index is 0.447. The van der Waals surface area contributed by atoms with Gasteiger partial charge in [0.25, 0.3) is 0 Å². The predicted molar refractivity (Wildman–Crippen MR) is 58.3 cm³/mol. The summed E-state index contributed by atoms with van der Waals surface area (Å²) in [5.74, 6) is 0.761. The second-order valence-corrected chi connectivity index (χ2v) is 4.12. The Kier molecular flexibility index (Phi) is 2.42. The van der Waals surface area contributed by atoms with Crippen LogP contribution >= 0.6 is 15.9 Å². The van der Waals surface area contributed by atoms with E-state index in [9.17, 15) is 4.79 Å². The normalized spacial score (nSPS) is 19.3. The van der Waals surface area contributed by atoms with E-state index < -0.39 is 6.10 Å². The van der Waals surface area contributed by atoms with Crippen molar-refractivity contribution in [3.63, 3.8) is 0 Å². The first-order valence-electron chi connectivity index (χ1n) is 4.31. The summed E-state index contributed by atoms with van der Waals surface area (Å²) < 4.78 is 6.41. The Hall–Kier alpha value is -1.09. The van der Waals surface area contributed by atoms with Gasteiger partial charge in [-0.25, -0.2) is 0 Å². The number of aldehydes is 1. The predicted octanol–water partition coefficient (Wildman–Crippen LogP) is 2.81. The first kappa shape index (κ1) is 9.46. The lowest BCUT2D eigenvalue weighted by atomic mass is 10.0. The molecular formula is C11H9BrO2. The van der Waals surface area contributed by atoms with Crippen molar-refractivity contribution in [2.75, 3.05) is 0 Å². The Bertz CT molecular complexity index is 410. The molecule has 2 nitrogen and oxygen atoms in total. The number of halogens is 1. The number of carbonyl (C=O) groups excluding carboxylic acids is 1. The number of ether oxygens (including phenoxy) is 1. The average molecular weight is 253 g/mol. The lowest BCUT2D eigenvalue weighted by molar-refractivity contribution is -0.112. The van der Waals surface area contributed by atoms with Crippen LogP contribution in [0.25, 0.3) is 5.57 Å². The Morgan fingerprint density at radius 1 is 1.50 bits per heavy atom. The zero-order valence-electron chi connectivity index (χ0n) is 7.66. The van der Waals surface area contributed by atoms with Crippen LogP contribution in [0.3, 0.4) is 0 Å². The molecule has 1 aromatic rings. The standard InChI is InChI=1S/C11H9BrO2/c1-7-4-9(6-13)14-11-5-8(12)2-3-10(7)11/h2-6,9H,1H3. The van der Waals surface area contributed by atoms with E-state index in [4.69, 9.17) is 4.74 Å². The molecule has 0 amide bonds. The SMILES string of the molecule is CC1=CC(C=O)Oc2cc(Br)ccc21. The maximum Gasteiger partial charge on any atom is 0.172 e. The van der Waals surface area contributed by atoms with Crippen molar-refractivity contribution in [3.8, 4) is 5.75 Å². The maximum absolute atomic E-state index is 10.6. The van der Waals surface area contributed by atoms with Gasteiger partial charge in [0.1, 0.15) is 5.75 Å². The fourth-order valence-electron chi connectivity index (χ4n) is 1.50. The summed E-state index contributed by atoms with van der Waals surface area (Å²) in [6, 6.07) is 5.81. The molecule has 0 spiro atoms. The van der Waals surface area contributed by atoms with Crippen molar-refractivity contribution >= 4 is 27.8 Å². The fourth-order valence-corrected chi connectivity index (χ4v) is 1.84. The quantitative estimate of drug-likeness (QED) is 0.719. The van der Waals surface area contributed by atoms with Crippen LogP contribution in [0.5, 0.6) is 5.75 Å². The van der Waals surface area contributed by atoms with E-state index in [1.165, 1.54) is 0 Å². The van der Waals surface area contributed by atoms with Gasteiger partial charge in [0, 0.05) is 10.0 Å². The summed E-state index contributed by atoms with van der Waals surface area (Å²) in [6.07, 6.45) is 2.17. The Morgan fingerprint density at radius 3 is 3.00 bits per heavy atom. The van der Waals surface area contributed by atoms with Gasteiger partial charge in [0.2, 0.25) is 0 Å². The van der Waals surface area contributed by atoms with Gasteiger partial charge in [-0.2, -0.15) is 0 Å². The van der Waals surface area contributed by atoms with E-state index in [0.717, 1.165) is 27.6 Å². The number of hydrogen-bond acceptors (Lipinski definition) is 2. The van der Waals surface area contributed by atoms with Crippen molar-refractivity contribution in [1.29, 1.82) is 0 Å². The molecule has 14 heavy (non-hydrogen) atoms. The minimum atomic E-state index is -0.447. The van der Waals surface area contributed by atoms with Gasteiger partial charge in [-0.1, -0.05) is 15.9 Å².